The van der Waals surface area contributed by atoms with Crippen LogP contribution in [-0.2, 0) is 5.92 Å². The van der Waals surface area contributed by atoms with E-state index in [1.807, 2.05) is 0 Å². The number of halogens is 3. The molecule has 0 fully saturated rings. The van der Waals surface area contributed by atoms with E-state index in [1.165, 1.54) is 0 Å². The molecule has 0 saturated carbocycles. The number of aliphatic hydroxyl groups is 1. The monoisotopic (exact) mass is 222 g/mol. The maximum absolute atomic E-state index is 13.2. The molecule has 0 saturated heterocycles. The quantitative estimate of drug-likeness (QED) is 0.825. The number of phenols is 1. The van der Waals surface area contributed by atoms with E-state index in [0.29, 0.717) is 0 Å². The van der Waals surface area contributed by atoms with Gasteiger partial charge in [0.1, 0.15) is 5.75 Å². The predicted molar refractivity (Wildman–Crippen MR) is 48.7 cm³/mol. The van der Waals surface area contributed by atoms with Gasteiger partial charge in [0.25, 0.3) is 5.92 Å². The molecule has 2 nitrogen and oxygen atoms in total. The van der Waals surface area contributed by atoms with Gasteiger partial charge in [-0.15, -0.1) is 0 Å². The Hall–Kier alpha value is -0.870. The lowest BCUT2D eigenvalue weighted by atomic mass is 10.1. The summed E-state index contributed by atoms with van der Waals surface area (Å²) < 4.78 is 26.4. The molecule has 5 heteroatoms. The van der Waals surface area contributed by atoms with Gasteiger partial charge in [-0.05, 0) is 18.2 Å². The van der Waals surface area contributed by atoms with E-state index in [9.17, 15) is 8.78 Å². The Balaban J connectivity index is 3.06. The van der Waals surface area contributed by atoms with Crippen molar-refractivity contribution in [3.63, 3.8) is 0 Å². The van der Waals surface area contributed by atoms with Crippen LogP contribution in [-0.4, -0.2) is 16.8 Å². The number of hydrogen-bond acceptors (Lipinski definition) is 2. The van der Waals surface area contributed by atoms with Gasteiger partial charge >= 0.3 is 0 Å². The molecule has 0 unspecified atom stereocenters. The van der Waals surface area contributed by atoms with Gasteiger partial charge in [0.05, 0.1) is 5.02 Å². The summed E-state index contributed by atoms with van der Waals surface area (Å²) in [5.41, 5.74) is -0.383. The number of phenolic OH excluding ortho intramolecular Hbond substituents is 1. The molecule has 0 aliphatic rings. The second kappa shape index (κ2) is 4.11. The van der Waals surface area contributed by atoms with Gasteiger partial charge in [-0.2, -0.15) is 0 Å². The Morgan fingerprint density at radius 1 is 1.36 bits per heavy atom. The van der Waals surface area contributed by atoms with Gasteiger partial charge < -0.3 is 10.2 Å². The van der Waals surface area contributed by atoms with Crippen LogP contribution in [0.1, 0.15) is 12.0 Å². The fraction of sp³-hybridized carbons (Fsp3) is 0.333. The van der Waals surface area contributed by atoms with Crippen molar-refractivity contribution in [2.45, 2.75) is 12.3 Å². The summed E-state index contributed by atoms with van der Waals surface area (Å²) in [7, 11) is 0. The molecule has 1 rings (SSSR count). The van der Waals surface area contributed by atoms with Gasteiger partial charge in [0.15, 0.2) is 0 Å². The molecule has 0 aliphatic carbocycles. The highest BCUT2D eigenvalue weighted by Gasteiger charge is 2.32. The van der Waals surface area contributed by atoms with Crippen molar-refractivity contribution in [3.8, 4) is 5.75 Å². The molecule has 0 heterocycles. The van der Waals surface area contributed by atoms with E-state index < -0.39 is 19.0 Å². The number of alkyl halides is 2. The maximum atomic E-state index is 13.2. The van der Waals surface area contributed by atoms with Crippen LogP contribution in [0, 0.1) is 0 Å². The highest BCUT2D eigenvalue weighted by atomic mass is 35.5. The Labute approximate surface area is 84.7 Å². The molecule has 0 aliphatic heterocycles. The van der Waals surface area contributed by atoms with Crippen LogP contribution in [0.15, 0.2) is 18.2 Å². The molecular weight excluding hydrogens is 214 g/mol. The van der Waals surface area contributed by atoms with Gasteiger partial charge in [-0.1, -0.05) is 11.6 Å². The van der Waals surface area contributed by atoms with E-state index in [0.717, 1.165) is 18.2 Å². The highest BCUT2D eigenvalue weighted by molar-refractivity contribution is 6.31. The van der Waals surface area contributed by atoms with E-state index in [1.54, 1.807) is 0 Å². The molecule has 0 amide bonds. The number of benzene rings is 1. The molecule has 0 aromatic heterocycles. The summed E-state index contributed by atoms with van der Waals surface area (Å²) in [5.74, 6) is -3.34. The van der Waals surface area contributed by atoms with Crippen LogP contribution < -0.4 is 0 Å². The lowest BCUT2D eigenvalue weighted by molar-refractivity contribution is -0.0268. The van der Waals surface area contributed by atoms with E-state index in [-0.39, 0.29) is 16.3 Å². The zero-order valence-electron chi connectivity index (χ0n) is 7.17. The number of hydrogen-bond donors (Lipinski definition) is 2. The summed E-state index contributed by atoms with van der Waals surface area (Å²) in [6.45, 7) is -0.621. The summed E-state index contributed by atoms with van der Waals surface area (Å²) >= 11 is 5.53. The molecule has 2 N–H and O–H groups in total. The van der Waals surface area contributed by atoms with Crippen molar-refractivity contribution < 1.29 is 19.0 Å². The number of aromatic hydroxyl groups is 1. The van der Waals surface area contributed by atoms with Crippen molar-refractivity contribution in [1.29, 1.82) is 0 Å². The third-order valence-electron chi connectivity index (χ3n) is 1.77. The molecule has 1 aromatic rings. The van der Waals surface area contributed by atoms with E-state index in [2.05, 4.69) is 0 Å². The summed E-state index contributed by atoms with van der Waals surface area (Å²) in [4.78, 5) is 0. The summed E-state index contributed by atoms with van der Waals surface area (Å²) in [6.07, 6.45) is -0.683. The van der Waals surface area contributed by atoms with E-state index in [4.69, 9.17) is 21.8 Å². The summed E-state index contributed by atoms with van der Waals surface area (Å²) in [5, 5.41) is 17.2. The minimum absolute atomic E-state index is 0.168. The Morgan fingerprint density at radius 2 is 2.00 bits per heavy atom. The molecule has 78 valence electrons. The smallest absolute Gasteiger partial charge is 0.276 e. The van der Waals surface area contributed by atoms with Crippen molar-refractivity contribution in [1.82, 2.24) is 0 Å². The lowest BCUT2D eigenvalue weighted by Gasteiger charge is -2.16. The second-order valence-electron chi connectivity index (χ2n) is 2.84. The second-order valence-corrected chi connectivity index (χ2v) is 3.25. The van der Waals surface area contributed by atoms with Crippen LogP contribution in [0.3, 0.4) is 0 Å². The van der Waals surface area contributed by atoms with Gasteiger partial charge in [-0.3, -0.25) is 0 Å². The average molecular weight is 223 g/mol. The van der Waals surface area contributed by atoms with Crippen LogP contribution in [0.2, 0.25) is 5.02 Å². The largest absolute Gasteiger partial charge is 0.508 e. The Morgan fingerprint density at radius 3 is 2.50 bits per heavy atom. The highest BCUT2D eigenvalue weighted by Crippen LogP contribution is 2.37. The number of rotatable bonds is 3. The van der Waals surface area contributed by atoms with Crippen LogP contribution in [0.4, 0.5) is 8.78 Å². The average Bonchev–Trinajstić information content (AvgIpc) is 2.02. The van der Waals surface area contributed by atoms with E-state index >= 15 is 0 Å². The lowest BCUT2D eigenvalue weighted by Crippen LogP contribution is -2.15. The zero-order valence-corrected chi connectivity index (χ0v) is 7.93. The fourth-order valence-electron chi connectivity index (χ4n) is 1.08. The minimum atomic E-state index is -3.17. The number of aliphatic hydroxyl groups excluding tert-OH is 1. The van der Waals surface area contributed by atoms with Crippen LogP contribution in [0.25, 0.3) is 0 Å². The molecule has 0 bridgehead atoms. The SMILES string of the molecule is OCCC(F)(F)c1ccc(O)cc1Cl. The topological polar surface area (TPSA) is 40.5 Å². The third kappa shape index (κ3) is 2.33. The molecule has 0 atom stereocenters. The van der Waals surface area contributed by atoms with Crippen molar-refractivity contribution in [2.24, 2.45) is 0 Å². The first-order valence-electron chi connectivity index (χ1n) is 3.95. The van der Waals surface area contributed by atoms with Crippen molar-refractivity contribution in [2.75, 3.05) is 6.61 Å². The maximum Gasteiger partial charge on any atom is 0.276 e. The fourth-order valence-corrected chi connectivity index (χ4v) is 1.39. The summed E-state index contributed by atoms with van der Waals surface area (Å²) in [6, 6.07) is 3.22. The normalized spacial score (nSPS) is 11.7. The first kappa shape index (κ1) is 11.2. The molecule has 0 spiro atoms. The van der Waals surface area contributed by atoms with Gasteiger partial charge in [0, 0.05) is 18.6 Å². The van der Waals surface area contributed by atoms with Crippen molar-refractivity contribution in [3.05, 3.63) is 28.8 Å². The van der Waals surface area contributed by atoms with Gasteiger partial charge in [0.2, 0.25) is 0 Å². The first-order valence-corrected chi connectivity index (χ1v) is 4.33. The standard InChI is InChI=1S/C9H9ClF2O2/c10-8-5-6(14)1-2-7(8)9(11,12)3-4-13/h1-2,5,13-14H,3-4H2. The third-order valence-corrected chi connectivity index (χ3v) is 2.09. The Bertz CT molecular complexity index is 329. The first-order chi connectivity index (χ1) is 6.47. The van der Waals surface area contributed by atoms with Crippen molar-refractivity contribution >= 4 is 11.6 Å². The predicted octanol–water partition coefficient (Wildman–Crippen LogP) is 2.52. The molecule has 14 heavy (non-hydrogen) atoms. The molecular formula is C9H9ClF2O2. The zero-order chi connectivity index (χ0) is 10.8. The molecule has 0 radical (unpaired) electrons. The Kier molecular flexibility index (Phi) is 3.29. The molecule has 1 aromatic carbocycles. The minimum Gasteiger partial charge on any atom is -0.508 e. The van der Waals surface area contributed by atoms with Gasteiger partial charge in [-0.25, -0.2) is 8.78 Å². The van der Waals surface area contributed by atoms with Crippen LogP contribution >= 0.6 is 11.6 Å². The van der Waals surface area contributed by atoms with Crippen LogP contribution in [0.5, 0.6) is 5.75 Å².